The zero-order valence-electron chi connectivity index (χ0n) is 15.1. The highest BCUT2D eigenvalue weighted by Gasteiger charge is 2.26. The number of H-pyrrole nitrogens is 1. The molecule has 0 aliphatic carbocycles. The van der Waals surface area contributed by atoms with E-state index in [1.165, 1.54) is 10.8 Å². The summed E-state index contributed by atoms with van der Waals surface area (Å²) in [5.41, 5.74) is 0.289. The Morgan fingerprint density at radius 2 is 1.89 bits per heavy atom. The van der Waals surface area contributed by atoms with Crippen molar-refractivity contribution in [3.05, 3.63) is 74.0 Å². The number of halogens is 1. The van der Waals surface area contributed by atoms with E-state index in [-0.39, 0.29) is 23.9 Å². The second kappa shape index (κ2) is 7.59. The number of carbonyl (C=O) groups excluding carboxylic acids is 1. The van der Waals surface area contributed by atoms with Gasteiger partial charge in [0.1, 0.15) is 5.65 Å². The fourth-order valence-electron chi connectivity index (χ4n) is 3.68. The molecule has 1 saturated heterocycles. The fourth-order valence-corrected chi connectivity index (χ4v) is 3.89. The number of nitrogens with one attached hydrogen (secondary N) is 1. The van der Waals surface area contributed by atoms with Gasteiger partial charge in [0.2, 0.25) is 5.91 Å². The first kappa shape index (κ1) is 18.4. The lowest BCUT2D eigenvalue weighted by atomic mass is 10.0. The van der Waals surface area contributed by atoms with Crippen LogP contribution >= 0.6 is 11.6 Å². The molecule has 8 heteroatoms. The van der Waals surface area contributed by atoms with Gasteiger partial charge in [-0.05, 0) is 36.6 Å². The van der Waals surface area contributed by atoms with Crippen molar-refractivity contribution in [3.8, 4) is 0 Å². The third kappa shape index (κ3) is 3.45. The molecule has 28 heavy (non-hydrogen) atoms. The molecule has 144 valence electrons. The van der Waals surface area contributed by atoms with Crippen LogP contribution in [0, 0.1) is 0 Å². The standard InChI is InChI=1S/C20H19ClN4O3/c21-16-6-2-1-4-13(16)12-17(26)24-10-7-14(8-11-24)25-19(27)15-5-3-9-22-18(15)23-20(25)28/h1-6,9,14H,7-8,10-12H2,(H,22,23,28). The van der Waals surface area contributed by atoms with E-state index in [9.17, 15) is 14.4 Å². The summed E-state index contributed by atoms with van der Waals surface area (Å²) in [5.74, 6) is -0.00415. The van der Waals surface area contributed by atoms with Gasteiger partial charge < -0.3 is 4.90 Å². The number of hydrogen-bond acceptors (Lipinski definition) is 4. The van der Waals surface area contributed by atoms with E-state index in [2.05, 4.69) is 9.97 Å². The maximum Gasteiger partial charge on any atom is 0.330 e. The summed E-state index contributed by atoms with van der Waals surface area (Å²) in [6, 6.07) is 10.4. The van der Waals surface area contributed by atoms with Crippen molar-refractivity contribution in [2.45, 2.75) is 25.3 Å². The van der Waals surface area contributed by atoms with Crippen LogP contribution in [-0.4, -0.2) is 38.4 Å². The molecule has 2 aromatic heterocycles. The molecule has 1 amide bonds. The van der Waals surface area contributed by atoms with Gasteiger partial charge in [-0.15, -0.1) is 0 Å². The number of carbonyl (C=O) groups is 1. The van der Waals surface area contributed by atoms with Gasteiger partial charge in [-0.3, -0.25) is 19.1 Å². The molecule has 1 fully saturated rings. The molecular weight excluding hydrogens is 380 g/mol. The average molecular weight is 399 g/mol. The molecule has 0 spiro atoms. The Hall–Kier alpha value is -2.93. The van der Waals surface area contributed by atoms with E-state index in [0.29, 0.717) is 42.0 Å². The highest BCUT2D eigenvalue weighted by atomic mass is 35.5. The van der Waals surface area contributed by atoms with Crippen molar-refractivity contribution >= 4 is 28.5 Å². The first-order valence-corrected chi connectivity index (χ1v) is 9.53. The molecule has 1 aromatic carbocycles. The number of likely N-dealkylation sites (tertiary alicyclic amines) is 1. The average Bonchev–Trinajstić information content (AvgIpc) is 2.70. The van der Waals surface area contributed by atoms with Gasteiger partial charge in [0.05, 0.1) is 11.8 Å². The summed E-state index contributed by atoms with van der Waals surface area (Å²) in [6.07, 6.45) is 2.86. The molecule has 1 aliphatic rings. The minimum Gasteiger partial charge on any atom is -0.342 e. The fraction of sp³-hybridized carbons (Fsp3) is 0.300. The number of rotatable bonds is 3. The monoisotopic (exact) mass is 398 g/mol. The predicted molar refractivity (Wildman–Crippen MR) is 107 cm³/mol. The Labute approximate surface area is 165 Å². The topological polar surface area (TPSA) is 88.1 Å². The van der Waals surface area contributed by atoms with Crippen LogP contribution in [0.4, 0.5) is 0 Å². The molecule has 0 unspecified atom stereocenters. The zero-order chi connectivity index (χ0) is 19.7. The van der Waals surface area contributed by atoms with Gasteiger partial charge in [-0.2, -0.15) is 0 Å². The first-order chi connectivity index (χ1) is 13.5. The third-order valence-electron chi connectivity index (χ3n) is 5.18. The van der Waals surface area contributed by atoms with Crippen LogP contribution in [0.15, 0.2) is 52.2 Å². The summed E-state index contributed by atoms with van der Waals surface area (Å²) >= 11 is 6.14. The summed E-state index contributed by atoms with van der Waals surface area (Å²) in [6.45, 7) is 0.982. The summed E-state index contributed by atoms with van der Waals surface area (Å²) in [4.78, 5) is 46.2. The maximum absolute atomic E-state index is 12.8. The van der Waals surface area contributed by atoms with E-state index < -0.39 is 5.69 Å². The molecule has 4 rings (SSSR count). The minimum absolute atomic E-state index is 0.00415. The molecule has 3 aromatic rings. The number of fused-ring (bicyclic) bond motifs is 1. The van der Waals surface area contributed by atoms with Crippen molar-refractivity contribution in [2.75, 3.05) is 13.1 Å². The zero-order valence-corrected chi connectivity index (χ0v) is 15.9. The van der Waals surface area contributed by atoms with E-state index in [4.69, 9.17) is 11.6 Å². The molecule has 1 aliphatic heterocycles. The van der Waals surface area contributed by atoms with Crippen molar-refractivity contribution in [1.82, 2.24) is 19.4 Å². The van der Waals surface area contributed by atoms with Gasteiger partial charge in [0, 0.05) is 30.4 Å². The molecule has 1 N–H and O–H groups in total. The van der Waals surface area contributed by atoms with E-state index in [1.807, 2.05) is 18.2 Å². The quantitative estimate of drug-likeness (QED) is 0.732. The normalized spacial score (nSPS) is 15.1. The predicted octanol–water partition coefficient (Wildman–Crippen LogP) is 2.14. The van der Waals surface area contributed by atoms with Crippen LogP contribution in [-0.2, 0) is 11.2 Å². The Morgan fingerprint density at radius 1 is 1.14 bits per heavy atom. The van der Waals surface area contributed by atoms with Gasteiger partial charge in [0.15, 0.2) is 0 Å². The second-order valence-electron chi connectivity index (χ2n) is 6.89. The van der Waals surface area contributed by atoms with Crippen LogP contribution in [0.25, 0.3) is 11.0 Å². The minimum atomic E-state index is -0.461. The Kier molecular flexibility index (Phi) is 5.00. The number of aromatic nitrogens is 3. The number of piperidine rings is 1. The number of pyridine rings is 1. The highest BCUT2D eigenvalue weighted by Crippen LogP contribution is 2.22. The molecule has 3 heterocycles. The highest BCUT2D eigenvalue weighted by molar-refractivity contribution is 6.31. The second-order valence-corrected chi connectivity index (χ2v) is 7.29. The summed E-state index contributed by atoms with van der Waals surface area (Å²) in [7, 11) is 0. The van der Waals surface area contributed by atoms with Crippen LogP contribution in [0.2, 0.25) is 5.02 Å². The van der Waals surface area contributed by atoms with Crippen LogP contribution in [0.5, 0.6) is 0 Å². The van der Waals surface area contributed by atoms with Gasteiger partial charge in [0.25, 0.3) is 5.56 Å². The third-order valence-corrected chi connectivity index (χ3v) is 5.55. The number of benzene rings is 1. The van der Waals surface area contributed by atoms with Gasteiger partial charge >= 0.3 is 5.69 Å². The van der Waals surface area contributed by atoms with Gasteiger partial charge in [-0.25, -0.2) is 9.78 Å². The number of hydrogen-bond donors (Lipinski definition) is 1. The number of nitrogens with zero attached hydrogens (tertiary/aromatic N) is 3. The molecule has 0 bridgehead atoms. The molecule has 7 nitrogen and oxygen atoms in total. The largest absolute Gasteiger partial charge is 0.342 e. The van der Waals surface area contributed by atoms with Crippen molar-refractivity contribution in [3.63, 3.8) is 0 Å². The lowest BCUT2D eigenvalue weighted by molar-refractivity contribution is -0.131. The number of amides is 1. The first-order valence-electron chi connectivity index (χ1n) is 9.15. The molecule has 0 saturated carbocycles. The van der Waals surface area contributed by atoms with Crippen molar-refractivity contribution in [1.29, 1.82) is 0 Å². The van der Waals surface area contributed by atoms with Crippen LogP contribution < -0.4 is 11.2 Å². The summed E-state index contributed by atoms with van der Waals surface area (Å²) in [5, 5.41) is 0.966. The smallest absolute Gasteiger partial charge is 0.330 e. The number of aromatic amines is 1. The van der Waals surface area contributed by atoms with E-state index >= 15 is 0 Å². The van der Waals surface area contributed by atoms with Crippen LogP contribution in [0.3, 0.4) is 0 Å². The maximum atomic E-state index is 12.8. The van der Waals surface area contributed by atoms with Crippen molar-refractivity contribution in [2.24, 2.45) is 0 Å². The van der Waals surface area contributed by atoms with Crippen LogP contribution in [0.1, 0.15) is 24.4 Å². The van der Waals surface area contributed by atoms with E-state index in [1.54, 1.807) is 23.1 Å². The lowest BCUT2D eigenvalue weighted by Gasteiger charge is -2.32. The molecule has 0 radical (unpaired) electrons. The lowest BCUT2D eigenvalue weighted by Crippen LogP contribution is -2.45. The molecular formula is C20H19ClN4O3. The molecule has 0 atom stereocenters. The Bertz CT molecular complexity index is 1150. The van der Waals surface area contributed by atoms with Crippen molar-refractivity contribution < 1.29 is 4.79 Å². The van der Waals surface area contributed by atoms with Gasteiger partial charge in [-0.1, -0.05) is 29.8 Å². The SMILES string of the molecule is O=C(Cc1ccccc1Cl)N1CCC(n2c(=O)[nH]c3ncccc3c2=O)CC1. The summed E-state index contributed by atoms with van der Waals surface area (Å²) < 4.78 is 1.26. The van der Waals surface area contributed by atoms with E-state index in [0.717, 1.165) is 5.56 Å². The Balaban J connectivity index is 1.50. The Morgan fingerprint density at radius 3 is 2.64 bits per heavy atom.